The number of Topliss-reactive ketones (excluding diaryl/α,β-unsaturated/α-hetero) is 1. The summed E-state index contributed by atoms with van der Waals surface area (Å²) in [6.07, 6.45) is 6.91. The molecule has 2 nitrogen and oxygen atoms in total. The normalized spacial score (nSPS) is 15.8. The van der Waals surface area contributed by atoms with Gasteiger partial charge in [-0.3, -0.25) is 4.79 Å². The van der Waals surface area contributed by atoms with Gasteiger partial charge in [0.05, 0.1) is 0 Å². The molecule has 1 saturated heterocycles. The first-order chi connectivity index (χ1) is 15.7. The molecule has 3 aromatic carbocycles. The third kappa shape index (κ3) is 4.21. The Hall–Kier alpha value is -3.30. The van der Waals surface area contributed by atoms with E-state index >= 15 is 0 Å². The van der Waals surface area contributed by atoms with E-state index in [1.54, 1.807) is 12.1 Å². The number of hydrogen-bond acceptors (Lipinski definition) is 2. The zero-order chi connectivity index (χ0) is 21.9. The summed E-state index contributed by atoms with van der Waals surface area (Å²) in [7, 11) is 0. The molecule has 1 fully saturated rings. The molecule has 5 rings (SSSR count). The number of piperidine rings is 1. The molecule has 0 amide bonds. The van der Waals surface area contributed by atoms with Crippen molar-refractivity contribution < 1.29 is 9.18 Å². The Morgan fingerprint density at radius 3 is 1.94 bits per heavy atom. The van der Waals surface area contributed by atoms with Gasteiger partial charge in [0.1, 0.15) is 5.82 Å². The van der Waals surface area contributed by atoms with Crippen LogP contribution in [0, 0.1) is 5.82 Å². The summed E-state index contributed by atoms with van der Waals surface area (Å²) in [5, 5.41) is 0. The maximum Gasteiger partial charge on any atom is 0.164 e. The van der Waals surface area contributed by atoms with Gasteiger partial charge in [-0.25, -0.2) is 4.39 Å². The maximum absolute atomic E-state index is 13.1. The quantitative estimate of drug-likeness (QED) is 0.350. The lowest BCUT2D eigenvalue weighted by Crippen LogP contribution is -2.33. The number of hydrogen-bond donors (Lipinski definition) is 0. The highest BCUT2D eigenvalue weighted by atomic mass is 19.1. The second-order valence-electron chi connectivity index (χ2n) is 8.51. The number of nitrogens with zero attached hydrogens (tertiary/aromatic N) is 1. The van der Waals surface area contributed by atoms with Crippen LogP contribution in [0.3, 0.4) is 0 Å². The smallest absolute Gasteiger partial charge is 0.164 e. The summed E-state index contributed by atoms with van der Waals surface area (Å²) in [6.45, 7) is 2.65. The van der Waals surface area contributed by atoms with Crippen molar-refractivity contribution in [1.82, 2.24) is 4.90 Å². The summed E-state index contributed by atoms with van der Waals surface area (Å²) in [5.41, 5.74) is 8.60. The van der Waals surface area contributed by atoms with Gasteiger partial charge in [0.15, 0.2) is 5.78 Å². The first kappa shape index (κ1) is 20.6. The Balaban J connectivity index is 1.33. The molecule has 0 aromatic heterocycles. The molecular weight excluding hydrogens is 397 g/mol. The lowest BCUT2D eigenvalue weighted by molar-refractivity contribution is 0.0962. The van der Waals surface area contributed by atoms with E-state index in [0.29, 0.717) is 12.0 Å². The van der Waals surface area contributed by atoms with Crippen LogP contribution in [0.5, 0.6) is 0 Å². The standard InChI is InChI=1S/C29H26FNO/c30-25-13-11-23(12-14-25)28(32)17-20-31-18-15-24(16-19-31)29-26-7-3-1-5-21(26)9-10-22-6-2-4-8-27(22)29/h1-14H,15-20H2. The largest absolute Gasteiger partial charge is 0.302 e. The molecule has 160 valence electrons. The van der Waals surface area contributed by atoms with E-state index in [-0.39, 0.29) is 11.6 Å². The first-order valence-electron chi connectivity index (χ1n) is 11.3. The molecule has 1 aliphatic heterocycles. The van der Waals surface area contributed by atoms with Crippen molar-refractivity contribution in [3.8, 4) is 0 Å². The highest BCUT2D eigenvalue weighted by Crippen LogP contribution is 2.38. The number of likely N-dealkylation sites (tertiary alicyclic amines) is 1. The molecule has 32 heavy (non-hydrogen) atoms. The Kier molecular flexibility index (Phi) is 5.83. The number of halogens is 1. The third-order valence-electron chi connectivity index (χ3n) is 6.54. The predicted molar refractivity (Wildman–Crippen MR) is 129 cm³/mol. The number of ketones is 1. The molecular formula is C29H26FNO. The topological polar surface area (TPSA) is 20.3 Å². The summed E-state index contributed by atoms with van der Waals surface area (Å²) in [4.78, 5) is 14.8. The van der Waals surface area contributed by atoms with Crippen LogP contribution in [-0.2, 0) is 0 Å². The molecule has 0 bridgehead atoms. The lowest BCUT2D eigenvalue weighted by Gasteiger charge is -2.30. The van der Waals surface area contributed by atoms with Crippen molar-refractivity contribution in [2.75, 3.05) is 19.6 Å². The van der Waals surface area contributed by atoms with Crippen molar-refractivity contribution >= 4 is 23.5 Å². The van der Waals surface area contributed by atoms with Crippen LogP contribution in [0.15, 0.2) is 78.4 Å². The van der Waals surface area contributed by atoms with E-state index in [9.17, 15) is 9.18 Å². The lowest BCUT2D eigenvalue weighted by atomic mass is 9.86. The number of rotatable bonds is 4. The van der Waals surface area contributed by atoms with Gasteiger partial charge in [-0.1, -0.05) is 66.3 Å². The molecule has 0 spiro atoms. The molecule has 0 N–H and O–H groups in total. The van der Waals surface area contributed by atoms with Gasteiger partial charge >= 0.3 is 0 Å². The number of carbonyl (C=O) groups excluding carboxylic acids is 1. The van der Waals surface area contributed by atoms with Gasteiger partial charge in [0, 0.05) is 31.6 Å². The molecule has 0 saturated carbocycles. The van der Waals surface area contributed by atoms with E-state index in [1.165, 1.54) is 45.5 Å². The Morgan fingerprint density at radius 1 is 0.781 bits per heavy atom. The van der Waals surface area contributed by atoms with Crippen LogP contribution in [0.4, 0.5) is 4.39 Å². The van der Waals surface area contributed by atoms with E-state index in [1.807, 2.05) is 0 Å². The molecule has 1 aliphatic carbocycles. The molecule has 3 aromatic rings. The highest BCUT2D eigenvalue weighted by molar-refractivity contribution is 5.96. The number of fused-ring (bicyclic) bond motifs is 2. The second-order valence-corrected chi connectivity index (χ2v) is 8.51. The van der Waals surface area contributed by atoms with Gasteiger partial charge in [-0.15, -0.1) is 0 Å². The van der Waals surface area contributed by atoms with Gasteiger partial charge in [0.25, 0.3) is 0 Å². The fraction of sp³-hybridized carbons (Fsp3) is 0.207. The maximum atomic E-state index is 13.1. The van der Waals surface area contributed by atoms with Gasteiger partial charge in [-0.05, 0) is 64.9 Å². The summed E-state index contributed by atoms with van der Waals surface area (Å²) in [5.74, 6) is -0.234. The molecule has 1 heterocycles. The van der Waals surface area contributed by atoms with Crippen LogP contribution in [0.25, 0.3) is 17.7 Å². The van der Waals surface area contributed by atoms with E-state index in [0.717, 1.165) is 32.5 Å². The van der Waals surface area contributed by atoms with Crippen molar-refractivity contribution in [3.63, 3.8) is 0 Å². The highest BCUT2D eigenvalue weighted by Gasteiger charge is 2.22. The molecule has 0 atom stereocenters. The van der Waals surface area contributed by atoms with Gasteiger partial charge in [0.2, 0.25) is 0 Å². The van der Waals surface area contributed by atoms with E-state index in [2.05, 4.69) is 65.6 Å². The van der Waals surface area contributed by atoms with E-state index in [4.69, 9.17) is 0 Å². The van der Waals surface area contributed by atoms with Crippen molar-refractivity contribution in [2.24, 2.45) is 0 Å². The zero-order valence-electron chi connectivity index (χ0n) is 18.1. The summed E-state index contributed by atoms with van der Waals surface area (Å²) < 4.78 is 13.1. The number of benzene rings is 3. The third-order valence-corrected chi connectivity index (χ3v) is 6.54. The van der Waals surface area contributed by atoms with Crippen LogP contribution in [-0.4, -0.2) is 30.3 Å². The minimum absolute atomic E-state index is 0.0758. The summed E-state index contributed by atoms with van der Waals surface area (Å²) in [6, 6.07) is 23.1. The zero-order valence-corrected chi connectivity index (χ0v) is 18.1. The van der Waals surface area contributed by atoms with Crippen molar-refractivity contribution in [3.05, 3.63) is 112 Å². The van der Waals surface area contributed by atoms with Gasteiger partial charge in [-0.2, -0.15) is 0 Å². The Bertz CT molecular complexity index is 1140. The fourth-order valence-electron chi connectivity index (χ4n) is 4.78. The summed E-state index contributed by atoms with van der Waals surface area (Å²) >= 11 is 0. The molecule has 2 aliphatic rings. The van der Waals surface area contributed by atoms with Crippen LogP contribution in [0.2, 0.25) is 0 Å². The molecule has 0 radical (unpaired) electrons. The minimum Gasteiger partial charge on any atom is -0.302 e. The van der Waals surface area contributed by atoms with Gasteiger partial charge < -0.3 is 4.90 Å². The average Bonchev–Trinajstić information content (AvgIpc) is 3.00. The second kappa shape index (κ2) is 9.05. The average molecular weight is 424 g/mol. The fourth-order valence-corrected chi connectivity index (χ4v) is 4.78. The van der Waals surface area contributed by atoms with Crippen LogP contribution < -0.4 is 0 Å². The number of carbonyl (C=O) groups is 1. The molecule has 0 unspecified atom stereocenters. The minimum atomic E-state index is -0.310. The van der Waals surface area contributed by atoms with Crippen LogP contribution >= 0.6 is 0 Å². The Morgan fingerprint density at radius 2 is 1.34 bits per heavy atom. The van der Waals surface area contributed by atoms with Crippen molar-refractivity contribution in [2.45, 2.75) is 19.3 Å². The van der Waals surface area contributed by atoms with Crippen LogP contribution in [0.1, 0.15) is 51.9 Å². The first-order valence-corrected chi connectivity index (χ1v) is 11.3. The Labute approximate surface area is 188 Å². The monoisotopic (exact) mass is 423 g/mol. The van der Waals surface area contributed by atoms with E-state index < -0.39 is 0 Å². The predicted octanol–water partition coefficient (Wildman–Crippen LogP) is 6.48. The van der Waals surface area contributed by atoms with Crippen molar-refractivity contribution in [1.29, 1.82) is 0 Å². The SMILES string of the molecule is O=C(CCN1CCC(=C2c3ccccc3C=Cc3ccccc32)CC1)c1ccc(F)cc1. The molecule has 3 heteroatoms.